The molecule has 5 nitrogen and oxygen atoms in total. The van der Waals surface area contributed by atoms with Gasteiger partial charge < -0.3 is 19.3 Å². The fourth-order valence-electron chi connectivity index (χ4n) is 4.38. The third-order valence-corrected chi connectivity index (χ3v) is 6.26. The Kier molecular flexibility index (Phi) is 6.16. The van der Waals surface area contributed by atoms with Crippen LogP contribution in [0.4, 0.5) is 10.1 Å². The molecule has 1 saturated heterocycles. The summed E-state index contributed by atoms with van der Waals surface area (Å²) < 4.78 is 24.9. The first-order valence-electron chi connectivity index (χ1n) is 10.6. The number of fused-ring (bicyclic) bond motifs is 1. The first-order valence-corrected chi connectivity index (χ1v) is 10.6. The molecule has 0 aromatic heterocycles. The van der Waals surface area contributed by atoms with Gasteiger partial charge in [0.05, 0.1) is 11.8 Å². The molecule has 1 atom stereocenters. The van der Waals surface area contributed by atoms with Gasteiger partial charge in [0.2, 0.25) is 0 Å². The standard InChI is InChI=1S/C22H31FN2O3/c1-16(12-24-9-7-19(8-10-24)27-14-17-3-2-4-17)13-25-20-6-5-18(23)11-21(20)28-15-22(25)26/h5-6,11,16-17,19H,2-4,7-10,12-15H2,1H3/t16-/m1/s1. The second kappa shape index (κ2) is 8.78. The number of nitrogens with zero attached hydrogens (tertiary/aromatic N) is 2. The van der Waals surface area contributed by atoms with Crippen LogP contribution in [-0.2, 0) is 9.53 Å². The number of hydrogen-bond acceptors (Lipinski definition) is 4. The van der Waals surface area contributed by atoms with E-state index in [0.29, 0.717) is 30.0 Å². The average Bonchev–Trinajstić information content (AvgIpc) is 2.64. The lowest BCUT2D eigenvalue weighted by Crippen LogP contribution is -2.45. The molecule has 0 N–H and O–H groups in total. The smallest absolute Gasteiger partial charge is 0.265 e. The van der Waals surface area contributed by atoms with Crippen LogP contribution in [0.1, 0.15) is 39.0 Å². The van der Waals surface area contributed by atoms with Crippen molar-refractivity contribution in [2.45, 2.75) is 45.1 Å². The van der Waals surface area contributed by atoms with Crippen molar-refractivity contribution < 1.29 is 18.7 Å². The molecule has 28 heavy (non-hydrogen) atoms. The Morgan fingerprint density at radius 3 is 2.71 bits per heavy atom. The van der Waals surface area contributed by atoms with Crippen molar-refractivity contribution in [2.24, 2.45) is 11.8 Å². The summed E-state index contributed by atoms with van der Waals surface area (Å²) in [6.45, 7) is 6.78. The predicted molar refractivity (Wildman–Crippen MR) is 106 cm³/mol. The fraction of sp³-hybridized carbons (Fsp3) is 0.682. The van der Waals surface area contributed by atoms with E-state index in [1.165, 1.54) is 31.4 Å². The molecule has 6 heteroatoms. The zero-order valence-electron chi connectivity index (χ0n) is 16.7. The Balaban J connectivity index is 1.24. The van der Waals surface area contributed by atoms with Gasteiger partial charge in [-0.15, -0.1) is 0 Å². The molecule has 0 radical (unpaired) electrons. The summed E-state index contributed by atoms with van der Waals surface area (Å²) in [6.07, 6.45) is 6.65. The van der Waals surface area contributed by atoms with Gasteiger partial charge in [-0.1, -0.05) is 13.3 Å². The molecule has 2 heterocycles. The van der Waals surface area contributed by atoms with Crippen LogP contribution in [0.3, 0.4) is 0 Å². The number of carbonyl (C=O) groups excluding carboxylic acids is 1. The van der Waals surface area contributed by atoms with Gasteiger partial charge in [-0.05, 0) is 49.7 Å². The first-order chi connectivity index (χ1) is 13.6. The number of halogens is 1. The summed E-state index contributed by atoms with van der Waals surface area (Å²) in [5, 5.41) is 0. The quantitative estimate of drug-likeness (QED) is 0.715. The number of rotatable bonds is 7. The average molecular weight is 390 g/mol. The highest BCUT2D eigenvalue weighted by Crippen LogP contribution is 2.33. The van der Waals surface area contributed by atoms with E-state index in [1.54, 1.807) is 11.0 Å². The third-order valence-electron chi connectivity index (χ3n) is 6.26. The molecule has 1 aliphatic carbocycles. The van der Waals surface area contributed by atoms with E-state index in [2.05, 4.69) is 11.8 Å². The maximum Gasteiger partial charge on any atom is 0.265 e. The van der Waals surface area contributed by atoms with Gasteiger partial charge in [0.25, 0.3) is 5.91 Å². The Labute approximate surface area is 166 Å². The zero-order valence-corrected chi connectivity index (χ0v) is 16.7. The van der Waals surface area contributed by atoms with E-state index in [9.17, 15) is 9.18 Å². The molecule has 3 aliphatic rings. The summed E-state index contributed by atoms with van der Waals surface area (Å²) in [6, 6.07) is 4.38. The summed E-state index contributed by atoms with van der Waals surface area (Å²) in [5.41, 5.74) is 0.674. The van der Waals surface area contributed by atoms with Gasteiger partial charge in [0.1, 0.15) is 11.6 Å². The molecule has 1 saturated carbocycles. The molecule has 2 fully saturated rings. The molecular formula is C22H31FN2O3. The lowest BCUT2D eigenvalue weighted by atomic mass is 9.86. The highest BCUT2D eigenvalue weighted by Gasteiger charge is 2.29. The number of benzene rings is 1. The zero-order chi connectivity index (χ0) is 19.5. The van der Waals surface area contributed by atoms with Gasteiger partial charge in [0, 0.05) is 38.9 Å². The van der Waals surface area contributed by atoms with Crippen molar-refractivity contribution in [3.8, 4) is 5.75 Å². The molecule has 1 aromatic rings. The maximum atomic E-state index is 13.4. The van der Waals surface area contributed by atoms with Gasteiger partial charge in [-0.25, -0.2) is 4.39 Å². The molecule has 0 unspecified atom stereocenters. The molecule has 2 aliphatic heterocycles. The van der Waals surface area contributed by atoms with Crippen LogP contribution in [0.2, 0.25) is 0 Å². The van der Waals surface area contributed by atoms with Crippen molar-refractivity contribution in [3.63, 3.8) is 0 Å². The Bertz CT molecular complexity index is 686. The van der Waals surface area contributed by atoms with Crippen LogP contribution in [0, 0.1) is 17.7 Å². The van der Waals surface area contributed by atoms with Gasteiger partial charge >= 0.3 is 0 Å². The van der Waals surface area contributed by atoms with Gasteiger partial charge in [-0.2, -0.15) is 0 Å². The largest absolute Gasteiger partial charge is 0.481 e. The topological polar surface area (TPSA) is 42.0 Å². The lowest BCUT2D eigenvalue weighted by molar-refractivity contribution is -0.121. The minimum absolute atomic E-state index is 0.0209. The number of amides is 1. The number of anilines is 1. The molecule has 1 amide bonds. The van der Waals surface area contributed by atoms with Crippen LogP contribution in [-0.4, -0.2) is 56.3 Å². The SMILES string of the molecule is C[C@H](CN1CCC(OCC2CCC2)CC1)CN1C(=O)COc2cc(F)ccc21. The van der Waals surface area contributed by atoms with Gasteiger partial charge in [0.15, 0.2) is 6.61 Å². The van der Waals surface area contributed by atoms with Crippen LogP contribution < -0.4 is 9.64 Å². The van der Waals surface area contributed by atoms with Crippen molar-refractivity contribution >= 4 is 11.6 Å². The van der Waals surface area contributed by atoms with Crippen molar-refractivity contribution in [1.82, 2.24) is 4.90 Å². The Hall–Kier alpha value is -1.66. The van der Waals surface area contributed by atoms with E-state index in [4.69, 9.17) is 9.47 Å². The molecule has 4 rings (SSSR count). The Morgan fingerprint density at radius 1 is 1.21 bits per heavy atom. The highest BCUT2D eigenvalue weighted by molar-refractivity contribution is 5.97. The number of piperidine rings is 1. The van der Waals surface area contributed by atoms with Crippen LogP contribution >= 0.6 is 0 Å². The van der Waals surface area contributed by atoms with Gasteiger partial charge in [-0.3, -0.25) is 4.79 Å². The Morgan fingerprint density at radius 2 is 2.00 bits per heavy atom. The van der Waals surface area contributed by atoms with E-state index in [0.717, 1.165) is 45.0 Å². The molecule has 154 valence electrons. The van der Waals surface area contributed by atoms with Crippen LogP contribution in [0.25, 0.3) is 0 Å². The minimum Gasteiger partial charge on any atom is -0.481 e. The van der Waals surface area contributed by atoms with E-state index in [1.807, 2.05) is 0 Å². The van der Waals surface area contributed by atoms with E-state index in [-0.39, 0.29) is 18.3 Å². The summed E-state index contributed by atoms with van der Waals surface area (Å²) in [5.74, 6) is 1.18. The minimum atomic E-state index is -0.344. The fourth-order valence-corrected chi connectivity index (χ4v) is 4.38. The number of ether oxygens (including phenoxy) is 2. The second-order valence-electron chi connectivity index (χ2n) is 8.64. The molecular weight excluding hydrogens is 359 g/mol. The second-order valence-corrected chi connectivity index (χ2v) is 8.64. The third kappa shape index (κ3) is 4.66. The summed E-state index contributed by atoms with van der Waals surface area (Å²) >= 11 is 0. The van der Waals surface area contributed by atoms with E-state index >= 15 is 0 Å². The van der Waals surface area contributed by atoms with Crippen molar-refractivity contribution in [1.29, 1.82) is 0 Å². The number of carbonyl (C=O) groups is 1. The molecule has 0 spiro atoms. The summed E-state index contributed by atoms with van der Waals surface area (Å²) in [7, 11) is 0. The lowest BCUT2D eigenvalue weighted by Gasteiger charge is -2.36. The maximum absolute atomic E-state index is 13.4. The summed E-state index contributed by atoms with van der Waals surface area (Å²) in [4.78, 5) is 16.6. The highest BCUT2D eigenvalue weighted by atomic mass is 19.1. The molecule has 0 bridgehead atoms. The van der Waals surface area contributed by atoms with Crippen LogP contribution in [0.15, 0.2) is 18.2 Å². The number of hydrogen-bond donors (Lipinski definition) is 0. The van der Waals surface area contributed by atoms with Crippen LogP contribution in [0.5, 0.6) is 5.75 Å². The van der Waals surface area contributed by atoms with E-state index < -0.39 is 0 Å². The predicted octanol–water partition coefficient (Wildman–Crippen LogP) is 3.47. The normalized spacial score (nSPS) is 22.5. The molecule has 1 aromatic carbocycles. The first kappa shape index (κ1) is 19.6. The van der Waals surface area contributed by atoms with Crippen molar-refractivity contribution in [3.05, 3.63) is 24.0 Å². The monoisotopic (exact) mass is 390 g/mol. The van der Waals surface area contributed by atoms with Crippen molar-refractivity contribution in [2.75, 3.05) is 44.3 Å². The number of likely N-dealkylation sites (tertiary alicyclic amines) is 1.